The van der Waals surface area contributed by atoms with Gasteiger partial charge in [0.2, 0.25) is 0 Å². The summed E-state index contributed by atoms with van der Waals surface area (Å²) in [6, 6.07) is 8.39. The van der Waals surface area contributed by atoms with Gasteiger partial charge in [-0.2, -0.15) is 0 Å². The molecule has 1 aromatic carbocycles. The highest BCUT2D eigenvalue weighted by molar-refractivity contribution is 5.92. The van der Waals surface area contributed by atoms with E-state index >= 15 is 0 Å². The Morgan fingerprint density at radius 2 is 2.18 bits per heavy atom. The minimum Gasteiger partial charge on any atom is -0.491 e. The summed E-state index contributed by atoms with van der Waals surface area (Å²) in [5.41, 5.74) is 1.96. The second kappa shape index (κ2) is 7.59. The van der Waals surface area contributed by atoms with E-state index in [9.17, 15) is 4.79 Å². The lowest BCUT2D eigenvalue weighted by Crippen LogP contribution is -2.42. The van der Waals surface area contributed by atoms with Crippen molar-refractivity contribution in [1.29, 1.82) is 0 Å². The van der Waals surface area contributed by atoms with Gasteiger partial charge in [-0.1, -0.05) is 39.0 Å². The third-order valence-corrected chi connectivity index (χ3v) is 5.51. The summed E-state index contributed by atoms with van der Waals surface area (Å²) in [7, 11) is 0. The number of aromatic nitrogens is 2. The summed E-state index contributed by atoms with van der Waals surface area (Å²) in [4.78, 5) is 17.3. The maximum atomic E-state index is 12.7. The van der Waals surface area contributed by atoms with Gasteiger partial charge >= 0.3 is 0 Å². The smallest absolute Gasteiger partial charge is 0.271 e. The molecule has 0 saturated carbocycles. The van der Waals surface area contributed by atoms with E-state index in [4.69, 9.17) is 4.74 Å². The Kier molecular flexibility index (Phi) is 5.15. The average molecular weight is 383 g/mol. The molecule has 0 spiro atoms. The van der Waals surface area contributed by atoms with Crippen molar-refractivity contribution in [3.8, 4) is 5.75 Å². The number of amides is 1. The number of carbonyl (C=O) groups is 1. The van der Waals surface area contributed by atoms with E-state index in [0.717, 1.165) is 36.5 Å². The van der Waals surface area contributed by atoms with E-state index in [1.54, 1.807) is 0 Å². The molecule has 0 radical (unpaired) electrons. The van der Waals surface area contributed by atoms with Crippen molar-refractivity contribution >= 4 is 5.91 Å². The number of carbonyl (C=O) groups excluding carboxylic acids is 1. The fourth-order valence-corrected chi connectivity index (χ4v) is 3.88. The van der Waals surface area contributed by atoms with Crippen molar-refractivity contribution in [3.63, 3.8) is 0 Å². The van der Waals surface area contributed by atoms with Crippen LogP contribution in [0.3, 0.4) is 0 Å². The molecule has 28 heavy (non-hydrogen) atoms. The predicted octanol–water partition coefficient (Wildman–Crippen LogP) is 2.91. The first-order valence-electron chi connectivity index (χ1n) is 10.2. The van der Waals surface area contributed by atoms with Crippen LogP contribution in [-0.4, -0.2) is 34.1 Å². The van der Waals surface area contributed by atoms with Gasteiger partial charge < -0.3 is 19.9 Å². The number of para-hydroxylation sites is 1. The van der Waals surface area contributed by atoms with Crippen LogP contribution >= 0.6 is 0 Å². The number of benzene rings is 1. The molecule has 0 fully saturated rings. The van der Waals surface area contributed by atoms with Crippen LogP contribution in [0.2, 0.25) is 0 Å². The van der Waals surface area contributed by atoms with Gasteiger partial charge in [0.25, 0.3) is 5.91 Å². The molecule has 6 heteroatoms. The zero-order valence-electron chi connectivity index (χ0n) is 17.0. The molecule has 0 bridgehead atoms. The largest absolute Gasteiger partial charge is 0.491 e. The van der Waals surface area contributed by atoms with Crippen molar-refractivity contribution < 1.29 is 9.53 Å². The molecule has 2 aliphatic rings. The molecule has 1 amide bonds. The van der Waals surface area contributed by atoms with E-state index in [1.165, 1.54) is 6.42 Å². The number of hydrogen-bond acceptors (Lipinski definition) is 4. The molecule has 0 saturated heterocycles. The standard InChI is InChI=1S/C22H30N4O2/c1-22(2,3)9-8-16-12-26-13-18(25-20(26)11-23-16)21(27)24-17-10-15-6-4-5-7-19(15)28-14-17/h4-7,13,16-17,23H,8-12,14H2,1-3H3,(H,24,27)/t16?,17-/m1/s1. The molecule has 1 aromatic heterocycles. The fraction of sp³-hybridized carbons (Fsp3) is 0.545. The Morgan fingerprint density at radius 1 is 1.36 bits per heavy atom. The van der Waals surface area contributed by atoms with Crippen molar-refractivity contribution in [3.05, 3.63) is 47.5 Å². The first-order valence-corrected chi connectivity index (χ1v) is 10.2. The predicted molar refractivity (Wildman–Crippen MR) is 108 cm³/mol. The molecule has 6 nitrogen and oxygen atoms in total. The molecule has 3 heterocycles. The van der Waals surface area contributed by atoms with Crippen LogP contribution in [0.4, 0.5) is 0 Å². The second-order valence-electron chi connectivity index (χ2n) is 9.17. The number of nitrogens with zero attached hydrogens (tertiary/aromatic N) is 2. The fourth-order valence-electron chi connectivity index (χ4n) is 3.88. The van der Waals surface area contributed by atoms with Crippen LogP contribution in [0.1, 0.15) is 55.5 Å². The van der Waals surface area contributed by atoms with Crippen molar-refractivity contribution in [2.75, 3.05) is 6.61 Å². The zero-order valence-corrected chi connectivity index (χ0v) is 17.0. The van der Waals surface area contributed by atoms with E-state index in [-0.39, 0.29) is 11.9 Å². The number of hydrogen-bond donors (Lipinski definition) is 2. The lowest BCUT2D eigenvalue weighted by molar-refractivity contribution is 0.0910. The Morgan fingerprint density at radius 3 is 3.00 bits per heavy atom. The average Bonchev–Trinajstić information content (AvgIpc) is 3.09. The number of rotatable bonds is 4. The molecular weight excluding hydrogens is 352 g/mol. The maximum Gasteiger partial charge on any atom is 0.271 e. The summed E-state index contributed by atoms with van der Waals surface area (Å²) in [5, 5.41) is 6.64. The molecule has 1 unspecified atom stereocenters. The van der Waals surface area contributed by atoms with Crippen LogP contribution in [0.25, 0.3) is 0 Å². The normalized spacial score (nSPS) is 21.4. The summed E-state index contributed by atoms with van der Waals surface area (Å²) < 4.78 is 7.90. The third kappa shape index (κ3) is 4.38. The monoisotopic (exact) mass is 382 g/mol. The lowest BCUT2D eigenvalue weighted by Gasteiger charge is -2.28. The van der Waals surface area contributed by atoms with Crippen molar-refractivity contribution in [1.82, 2.24) is 20.2 Å². The van der Waals surface area contributed by atoms with E-state index in [2.05, 4.69) is 41.0 Å². The van der Waals surface area contributed by atoms with Crippen LogP contribution in [0.5, 0.6) is 5.75 Å². The Labute approximate surface area is 166 Å². The van der Waals surface area contributed by atoms with Crippen LogP contribution < -0.4 is 15.4 Å². The van der Waals surface area contributed by atoms with Crippen LogP contribution in [-0.2, 0) is 19.5 Å². The summed E-state index contributed by atoms with van der Waals surface area (Å²) in [6.07, 6.45) is 4.98. The maximum absolute atomic E-state index is 12.7. The Hall–Kier alpha value is -2.34. The minimum atomic E-state index is -0.124. The quantitative estimate of drug-likeness (QED) is 0.853. The first-order chi connectivity index (χ1) is 13.4. The second-order valence-corrected chi connectivity index (χ2v) is 9.17. The number of nitrogens with one attached hydrogen (secondary N) is 2. The van der Waals surface area contributed by atoms with Crippen LogP contribution in [0.15, 0.2) is 30.5 Å². The van der Waals surface area contributed by atoms with Gasteiger partial charge in [-0.05, 0) is 36.3 Å². The third-order valence-electron chi connectivity index (χ3n) is 5.51. The summed E-state index contributed by atoms with van der Waals surface area (Å²) in [5.74, 6) is 1.72. The molecule has 4 rings (SSSR count). The number of ether oxygens (including phenoxy) is 1. The van der Waals surface area contributed by atoms with E-state index in [0.29, 0.717) is 30.3 Å². The molecular formula is C22H30N4O2. The number of fused-ring (bicyclic) bond motifs is 2. The summed E-state index contributed by atoms with van der Waals surface area (Å²) >= 11 is 0. The van der Waals surface area contributed by atoms with Gasteiger partial charge in [0, 0.05) is 18.8 Å². The van der Waals surface area contributed by atoms with Crippen LogP contribution in [0, 0.1) is 5.41 Å². The highest BCUT2D eigenvalue weighted by atomic mass is 16.5. The summed E-state index contributed by atoms with van der Waals surface area (Å²) in [6.45, 7) is 8.89. The highest BCUT2D eigenvalue weighted by Crippen LogP contribution is 2.25. The highest BCUT2D eigenvalue weighted by Gasteiger charge is 2.26. The van der Waals surface area contributed by atoms with Gasteiger partial charge in [0.1, 0.15) is 23.9 Å². The van der Waals surface area contributed by atoms with Gasteiger partial charge in [-0.15, -0.1) is 0 Å². The molecule has 2 atom stereocenters. The molecule has 150 valence electrons. The SMILES string of the molecule is CC(C)(C)CCC1Cn2cc(C(=O)N[C@H]3COc4ccccc4C3)nc2CN1. The van der Waals surface area contributed by atoms with Gasteiger partial charge in [-0.25, -0.2) is 4.98 Å². The number of imidazole rings is 1. The van der Waals surface area contributed by atoms with Gasteiger partial charge in [-0.3, -0.25) is 4.79 Å². The Bertz CT molecular complexity index is 852. The topological polar surface area (TPSA) is 68.2 Å². The van der Waals surface area contributed by atoms with E-state index in [1.807, 2.05) is 30.5 Å². The van der Waals surface area contributed by atoms with Crippen molar-refractivity contribution in [2.24, 2.45) is 5.41 Å². The molecule has 2 aliphatic heterocycles. The zero-order chi connectivity index (χ0) is 19.7. The molecule has 0 aliphatic carbocycles. The van der Waals surface area contributed by atoms with E-state index < -0.39 is 0 Å². The van der Waals surface area contributed by atoms with Gasteiger partial charge in [0.15, 0.2) is 0 Å². The minimum absolute atomic E-state index is 0.0289. The molecule has 2 N–H and O–H groups in total. The van der Waals surface area contributed by atoms with Crippen molar-refractivity contribution in [2.45, 2.75) is 65.2 Å². The first kappa shape index (κ1) is 19.0. The Balaban J connectivity index is 1.36. The molecule has 2 aromatic rings. The van der Waals surface area contributed by atoms with Gasteiger partial charge in [0.05, 0.1) is 12.6 Å². The lowest BCUT2D eigenvalue weighted by atomic mass is 9.88.